The normalized spacial score (nSPS) is 21.4. The molecular weight excluding hydrogens is 373 g/mol. The van der Waals surface area contributed by atoms with Gasteiger partial charge >= 0.3 is 0 Å². The standard InChI is InChI=1S/C21H26FN5O2/c1-2-17-18(22)19(25-14-24-17)26-8-5-21(6-9-26)10-16(28)12-27(13-21)20(29)15-4-3-7-23-11-15/h3-4,7,11,14,16,28H,2,5-6,8-10,12-13H2,1H3. The Morgan fingerprint density at radius 2 is 2.14 bits per heavy atom. The van der Waals surface area contributed by atoms with E-state index in [1.54, 1.807) is 29.4 Å². The van der Waals surface area contributed by atoms with Crippen LogP contribution in [0.2, 0.25) is 0 Å². The van der Waals surface area contributed by atoms with E-state index >= 15 is 0 Å². The zero-order valence-corrected chi connectivity index (χ0v) is 16.6. The molecule has 4 heterocycles. The summed E-state index contributed by atoms with van der Waals surface area (Å²) in [5.74, 6) is -0.0950. The summed E-state index contributed by atoms with van der Waals surface area (Å²) in [7, 11) is 0. The van der Waals surface area contributed by atoms with Crippen molar-refractivity contribution in [3.05, 3.63) is 47.9 Å². The van der Waals surface area contributed by atoms with Crippen molar-refractivity contribution in [2.45, 2.75) is 38.7 Å². The number of hydrogen-bond acceptors (Lipinski definition) is 6. The molecule has 2 aromatic heterocycles. The minimum Gasteiger partial charge on any atom is -0.391 e. The third kappa shape index (κ3) is 3.94. The molecule has 2 saturated heterocycles. The number of anilines is 1. The fraction of sp³-hybridized carbons (Fsp3) is 0.524. The lowest BCUT2D eigenvalue weighted by atomic mass is 9.71. The van der Waals surface area contributed by atoms with Gasteiger partial charge in [0, 0.05) is 38.6 Å². The summed E-state index contributed by atoms with van der Waals surface area (Å²) in [5, 5.41) is 10.5. The number of aliphatic hydroxyl groups is 1. The van der Waals surface area contributed by atoms with Gasteiger partial charge in [-0.05, 0) is 43.2 Å². The highest BCUT2D eigenvalue weighted by Gasteiger charge is 2.43. The number of pyridine rings is 1. The van der Waals surface area contributed by atoms with Gasteiger partial charge in [-0.3, -0.25) is 9.78 Å². The van der Waals surface area contributed by atoms with Crippen molar-refractivity contribution < 1.29 is 14.3 Å². The third-order valence-corrected chi connectivity index (χ3v) is 6.12. The number of halogens is 1. The highest BCUT2D eigenvalue weighted by molar-refractivity contribution is 5.94. The summed E-state index contributed by atoms with van der Waals surface area (Å²) >= 11 is 0. The Morgan fingerprint density at radius 3 is 2.83 bits per heavy atom. The van der Waals surface area contributed by atoms with Crippen LogP contribution in [-0.4, -0.2) is 63.1 Å². The number of aromatic nitrogens is 3. The molecule has 1 amide bonds. The van der Waals surface area contributed by atoms with Crippen molar-refractivity contribution in [2.24, 2.45) is 5.41 Å². The van der Waals surface area contributed by atoms with Gasteiger partial charge in [0.25, 0.3) is 5.91 Å². The van der Waals surface area contributed by atoms with Gasteiger partial charge in [0.1, 0.15) is 6.33 Å². The van der Waals surface area contributed by atoms with E-state index in [2.05, 4.69) is 15.0 Å². The van der Waals surface area contributed by atoms with Gasteiger partial charge in [0.2, 0.25) is 0 Å². The summed E-state index contributed by atoms with van der Waals surface area (Å²) in [6, 6.07) is 3.48. The average molecular weight is 399 g/mol. The van der Waals surface area contributed by atoms with Crippen LogP contribution in [0, 0.1) is 11.2 Å². The number of hydrogen-bond donors (Lipinski definition) is 1. The van der Waals surface area contributed by atoms with E-state index < -0.39 is 6.10 Å². The van der Waals surface area contributed by atoms with Gasteiger partial charge in [-0.15, -0.1) is 0 Å². The van der Waals surface area contributed by atoms with Crippen LogP contribution in [-0.2, 0) is 6.42 Å². The van der Waals surface area contributed by atoms with Crippen molar-refractivity contribution in [3.63, 3.8) is 0 Å². The molecule has 4 rings (SSSR count). The number of carbonyl (C=O) groups is 1. The molecule has 7 nitrogen and oxygen atoms in total. The number of nitrogens with zero attached hydrogens (tertiary/aromatic N) is 5. The van der Waals surface area contributed by atoms with Gasteiger partial charge in [-0.25, -0.2) is 14.4 Å². The molecule has 0 aromatic carbocycles. The molecule has 0 radical (unpaired) electrons. The predicted octanol–water partition coefficient (Wildman–Crippen LogP) is 2.07. The van der Waals surface area contributed by atoms with E-state index in [1.807, 2.05) is 11.8 Å². The second-order valence-corrected chi connectivity index (χ2v) is 8.08. The van der Waals surface area contributed by atoms with Crippen LogP contribution in [0.4, 0.5) is 10.2 Å². The smallest absolute Gasteiger partial charge is 0.255 e. The number of likely N-dealkylation sites (tertiary alicyclic amines) is 1. The van der Waals surface area contributed by atoms with Crippen molar-refractivity contribution >= 4 is 11.7 Å². The number of aliphatic hydroxyl groups excluding tert-OH is 1. The fourth-order valence-corrected chi connectivity index (χ4v) is 4.60. The molecule has 1 unspecified atom stereocenters. The van der Waals surface area contributed by atoms with Crippen molar-refractivity contribution in [2.75, 3.05) is 31.1 Å². The van der Waals surface area contributed by atoms with Gasteiger partial charge in [-0.1, -0.05) is 6.92 Å². The minimum atomic E-state index is -0.557. The van der Waals surface area contributed by atoms with Crippen LogP contribution in [0.5, 0.6) is 0 Å². The number of carbonyl (C=O) groups excluding carboxylic acids is 1. The first kappa shape index (κ1) is 19.7. The molecule has 0 aliphatic carbocycles. The SMILES string of the molecule is CCc1ncnc(N2CCC3(CC2)CC(O)CN(C(=O)c2cccnc2)C3)c1F. The molecular formula is C21H26FN5O2. The zero-order chi connectivity index (χ0) is 20.4. The molecule has 1 N–H and O–H groups in total. The Labute approximate surface area is 169 Å². The Hall–Kier alpha value is -2.61. The Balaban J connectivity index is 1.48. The lowest BCUT2D eigenvalue weighted by Gasteiger charge is -2.49. The van der Waals surface area contributed by atoms with Crippen LogP contribution in [0.25, 0.3) is 0 Å². The average Bonchev–Trinajstić information content (AvgIpc) is 2.74. The van der Waals surface area contributed by atoms with Gasteiger partial charge < -0.3 is 14.9 Å². The molecule has 0 saturated carbocycles. The quantitative estimate of drug-likeness (QED) is 0.851. The highest BCUT2D eigenvalue weighted by atomic mass is 19.1. The first-order valence-corrected chi connectivity index (χ1v) is 10.1. The van der Waals surface area contributed by atoms with Crippen LogP contribution in [0.1, 0.15) is 42.2 Å². The lowest BCUT2D eigenvalue weighted by Crippen LogP contribution is -2.55. The largest absolute Gasteiger partial charge is 0.391 e. The Bertz CT molecular complexity index is 871. The topological polar surface area (TPSA) is 82.5 Å². The highest BCUT2D eigenvalue weighted by Crippen LogP contribution is 2.41. The van der Waals surface area contributed by atoms with Gasteiger partial charge in [-0.2, -0.15) is 0 Å². The number of aryl methyl sites for hydroxylation is 1. The number of amides is 1. The summed E-state index contributed by atoms with van der Waals surface area (Å²) in [6.07, 6.45) is 6.77. The maximum absolute atomic E-state index is 14.6. The summed E-state index contributed by atoms with van der Waals surface area (Å²) in [6.45, 7) is 4.08. The molecule has 1 atom stereocenters. The van der Waals surface area contributed by atoms with Crippen molar-refractivity contribution in [1.82, 2.24) is 19.9 Å². The van der Waals surface area contributed by atoms with Crippen LogP contribution < -0.4 is 4.90 Å². The molecule has 0 bridgehead atoms. The maximum atomic E-state index is 14.6. The lowest BCUT2D eigenvalue weighted by molar-refractivity contribution is -0.0151. The van der Waals surface area contributed by atoms with E-state index in [0.717, 1.165) is 12.8 Å². The molecule has 2 aliphatic rings. The zero-order valence-electron chi connectivity index (χ0n) is 16.6. The first-order chi connectivity index (χ1) is 14.0. The molecule has 2 aromatic rings. The van der Waals surface area contributed by atoms with E-state index in [1.165, 1.54) is 6.33 Å². The van der Waals surface area contributed by atoms with E-state index in [9.17, 15) is 14.3 Å². The van der Waals surface area contributed by atoms with Crippen molar-refractivity contribution in [1.29, 1.82) is 0 Å². The first-order valence-electron chi connectivity index (χ1n) is 10.1. The number of β-amino-alcohol motifs (C(OH)–C–C–N with tert-alkyl or cyclic N) is 1. The molecule has 29 heavy (non-hydrogen) atoms. The summed E-state index contributed by atoms with van der Waals surface area (Å²) in [5.41, 5.74) is 0.796. The number of rotatable bonds is 3. The minimum absolute atomic E-state index is 0.104. The van der Waals surface area contributed by atoms with Gasteiger partial charge in [0.15, 0.2) is 11.6 Å². The van der Waals surface area contributed by atoms with Crippen LogP contribution in [0.3, 0.4) is 0 Å². The molecule has 1 spiro atoms. The monoisotopic (exact) mass is 399 g/mol. The van der Waals surface area contributed by atoms with E-state index in [4.69, 9.17) is 0 Å². The van der Waals surface area contributed by atoms with Crippen molar-refractivity contribution in [3.8, 4) is 0 Å². The summed E-state index contributed by atoms with van der Waals surface area (Å²) < 4.78 is 14.6. The van der Waals surface area contributed by atoms with Gasteiger partial charge in [0.05, 0.1) is 17.4 Å². The molecule has 2 aliphatic heterocycles. The second kappa shape index (κ2) is 8.02. The Kier molecular flexibility index (Phi) is 5.45. The van der Waals surface area contributed by atoms with Crippen LogP contribution >= 0.6 is 0 Å². The van der Waals surface area contributed by atoms with Crippen LogP contribution in [0.15, 0.2) is 30.9 Å². The maximum Gasteiger partial charge on any atom is 0.255 e. The molecule has 2 fully saturated rings. The van der Waals surface area contributed by atoms with E-state index in [-0.39, 0.29) is 17.1 Å². The number of piperidine rings is 2. The summed E-state index contributed by atoms with van der Waals surface area (Å²) in [4.78, 5) is 28.8. The van der Waals surface area contributed by atoms with E-state index in [0.29, 0.717) is 56.1 Å². The fourth-order valence-electron chi connectivity index (χ4n) is 4.60. The molecule has 154 valence electrons. The predicted molar refractivity (Wildman–Crippen MR) is 106 cm³/mol. The third-order valence-electron chi connectivity index (χ3n) is 6.12. The second-order valence-electron chi connectivity index (χ2n) is 8.08. The molecule has 8 heteroatoms. The Morgan fingerprint density at radius 1 is 1.34 bits per heavy atom.